The van der Waals surface area contributed by atoms with Crippen molar-refractivity contribution in [3.05, 3.63) is 95.3 Å². The number of carbonyl (C=O) groups excluding carboxylic acids is 1. The predicted molar refractivity (Wildman–Crippen MR) is 115 cm³/mol. The number of aromatic nitrogens is 1. The van der Waals surface area contributed by atoms with E-state index in [9.17, 15) is 14.3 Å². The van der Waals surface area contributed by atoms with Crippen molar-refractivity contribution in [2.75, 3.05) is 13.2 Å². The van der Waals surface area contributed by atoms with Gasteiger partial charge in [0.1, 0.15) is 5.82 Å². The molecule has 150 valence electrons. The highest BCUT2D eigenvalue weighted by atomic mass is 19.1. The fourth-order valence-corrected chi connectivity index (χ4v) is 4.68. The second-order valence-electron chi connectivity index (χ2n) is 7.56. The molecule has 0 saturated heterocycles. The molecule has 5 heteroatoms. The molecule has 1 aromatic heterocycles. The van der Waals surface area contributed by atoms with Gasteiger partial charge in [0, 0.05) is 35.6 Å². The van der Waals surface area contributed by atoms with Gasteiger partial charge in [-0.15, -0.1) is 0 Å². The minimum absolute atomic E-state index is 0.0809. The predicted octanol–water partition coefficient (Wildman–Crippen LogP) is 4.52. The Kier molecular flexibility index (Phi) is 4.40. The van der Waals surface area contributed by atoms with Gasteiger partial charge in [-0.2, -0.15) is 0 Å². The molecule has 0 fully saturated rings. The molecule has 1 aliphatic heterocycles. The lowest BCUT2D eigenvalue weighted by Crippen LogP contribution is -2.31. The van der Waals surface area contributed by atoms with Crippen LogP contribution in [-0.4, -0.2) is 33.6 Å². The maximum atomic E-state index is 13.6. The van der Waals surface area contributed by atoms with Gasteiger partial charge in [-0.05, 0) is 47.5 Å². The molecule has 1 atom stereocenters. The lowest BCUT2D eigenvalue weighted by atomic mass is 9.93. The van der Waals surface area contributed by atoms with Gasteiger partial charge in [-0.25, -0.2) is 4.39 Å². The largest absolute Gasteiger partial charge is 0.395 e. The summed E-state index contributed by atoms with van der Waals surface area (Å²) in [5, 5.41) is 10.7. The number of aryl methyl sites for hydroxylation is 1. The first-order valence-electron chi connectivity index (χ1n) is 9.96. The van der Waals surface area contributed by atoms with Gasteiger partial charge in [-0.3, -0.25) is 4.79 Å². The number of amides is 1. The number of para-hydroxylation sites is 1. The molecule has 1 amide bonds. The van der Waals surface area contributed by atoms with E-state index in [2.05, 4.69) is 10.6 Å². The molecule has 1 aliphatic rings. The summed E-state index contributed by atoms with van der Waals surface area (Å²) >= 11 is 0. The molecular formula is C25H21FN2O2. The van der Waals surface area contributed by atoms with E-state index in [0.717, 1.165) is 33.3 Å². The second-order valence-corrected chi connectivity index (χ2v) is 7.56. The number of nitrogens with zero attached hydrogens (tertiary/aromatic N) is 2. The Morgan fingerprint density at radius 2 is 1.67 bits per heavy atom. The molecule has 1 N–H and O–H groups in total. The van der Waals surface area contributed by atoms with Crippen LogP contribution >= 0.6 is 0 Å². The van der Waals surface area contributed by atoms with Crippen molar-refractivity contribution in [1.29, 1.82) is 0 Å². The number of carbonyl (C=O) groups is 1. The van der Waals surface area contributed by atoms with Crippen molar-refractivity contribution in [2.24, 2.45) is 7.05 Å². The average Bonchev–Trinajstić information content (AvgIpc) is 3.21. The van der Waals surface area contributed by atoms with Crippen molar-refractivity contribution in [1.82, 2.24) is 9.47 Å². The summed E-state index contributed by atoms with van der Waals surface area (Å²) in [6.07, 6.45) is 0. The third-order valence-electron chi connectivity index (χ3n) is 5.94. The third kappa shape index (κ3) is 2.66. The fraction of sp³-hybridized carbons (Fsp3) is 0.160. The van der Waals surface area contributed by atoms with Crippen LogP contribution in [0.3, 0.4) is 0 Å². The molecule has 0 bridgehead atoms. The maximum absolute atomic E-state index is 13.6. The van der Waals surface area contributed by atoms with E-state index < -0.39 is 0 Å². The summed E-state index contributed by atoms with van der Waals surface area (Å²) in [6, 6.07) is 21.8. The molecule has 3 aromatic carbocycles. The van der Waals surface area contributed by atoms with Gasteiger partial charge in [-0.1, -0.05) is 36.4 Å². The highest BCUT2D eigenvalue weighted by Crippen LogP contribution is 2.46. The zero-order chi connectivity index (χ0) is 20.8. The zero-order valence-electron chi connectivity index (χ0n) is 16.5. The van der Waals surface area contributed by atoms with Crippen molar-refractivity contribution in [3.8, 4) is 11.3 Å². The van der Waals surface area contributed by atoms with Crippen LogP contribution in [0.5, 0.6) is 0 Å². The monoisotopic (exact) mass is 400 g/mol. The number of benzene rings is 3. The van der Waals surface area contributed by atoms with Gasteiger partial charge in [0.15, 0.2) is 0 Å². The van der Waals surface area contributed by atoms with Gasteiger partial charge in [0.25, 0.3) is 5.91 Å². The fourth-order valence-electron chi connectivity index (χ4n) is 4.68. The number of aliphatic hydroxyl groups is 1. The van der Waals surface area contributed by atoms with Gasteiger partial charge >= 0.3 is 0 Å². The summed E-state index contributed by atoms with van der Waals surface area (Å²) in [6.45, 7) is 0.122. The molecule has 2 heterocycles. The van der Waals surface area contributed by atoms with Crippen LogP contribution in [0.4, 0.5) is 4.39 Å². The van der Waals surface area contributed by atoms with E-state index in [-0.39, 0.29) is 30.9 Å². The van der Waals surface area contributed by atoms with E-state index in [4.69, 9.17) is 0 Å². The number of hydrogen-bond acceptors (Lipinski definition) is 2. The van der Waals surface area contributed by atoms with E-state index in [1.807, 2.05) is 49.5 Å². The molecule has 0 aliphatic carbocycles. The highest BCUT2D eigenvalue weighted by molar-refractivity contribution is 6.02. The van der Waals surface area contributed by atoms with Gasteiger partial charge < -0.3 is 14.6 Å². The maximum Gasteiger partial charge on any atom is 0.255 e. The summed E-state index contributed by atoms with van der Waals surface area (Å²) in [4.78, 5) is 14.9. The summed E-state index contributed by atoms with van der Waals surface area (Å²) in [5.41, 5.74) is 5.43. The van der Waals surface area contributed by atoms with Crippen LogP contribution in [0.2, 0.25) is 0 Å². The molecule has 0 spiro atoms. The Hall–Kier alpha value is -3.44. The normalized spacial score (nSPS) is 15.8. The number of fused-ring (bicyclic) bond motifs is 2. The third-order valence-corrected chi connectivity index (χ3v) is 5.94. The summed E-state index contributed by atoms with van der Waals surface area (Å²) in [7, 11) is 1.99. The van der Waals surface area contributed by atoms with Crippen molar-refractivity contribution < 1.29 is 14.3 Å². The molecule has 0 saturated carbocycles. The van der Waals surface area contributed by atoms with Crippen molar-refractivity contribution >= 4 is 16.8 Å². The molecule has 0 radical (unpaired) electrons. The number of hydrogen-bond donors (Lipinski definition) is 1. The minimum Gasteiger partial charge on any atom is -0.395 e. The van der Waals surface area contributed by atoms with E-state index in [1.165, 1.54) is 12.1 Å². The smallest absolute Gasteiger partial charge is 0.255 e. The first-order valence-corrected chi connectivity index (χ1v) is 9.96. The van der Waals surface area contributed by atoms with Crippen LogP contribution in [-0.2, 0) is 7.05 Å². The quantitative estimate of drug-likeness (QED) is 0.547. The molecule has 0 unspecified atom stereocenters. The number of β-amino-alcohol motifs (C(OH)–C–C–N with tert-alkyl or cyclic N) is 1. The first kappa shape index (κ1) is 18.6. The Morgan fingerprint density at radius 3 is 2.43 bits per heavy atom. The van der Waals surface area contributed by atoms with Crippen LogP contribution in [0.15, 0.2) is 72.8 Å². The van der Waals surface area contributed by atoms with Crippen molar-refractivity contribution in [3.63, 3.8) is 0 Å². The molecule has 4 nitrogen and oxygen atoms in total. The number of aliphatic hydroxyl groups excluding tert-OH is 1. The van der Waals surface area contributed by atoms with Crippen LogP contribution < -0.4 is 0 Å². The lowest BCUT2D eigenvalue weighted by molar-refractivity contribution is 0.0713. The van der Waals surface area contributed by atoms with Gasteiger partial charge in [0.05, 0.1) is 18.3 Å². The van der Waals surface area contributed by atoms with Gasteiger partial charge in [0.2, 0.25) is 0 Å². The van der Waals surface area contributed by atoms with Crippen molar-refractivity contribution in [2.45, 2.75) is 6.04 Å². The summed E-state index contributed by atoms with van der Waals surface area (Å²) < 4.78 is 15.7. The zero-order valence-corrected chi connectivity index (χ0v) is 16.5. The highest BCUT2D eigenvalue weighted by Gasteiger charge is 2.40. The van der Waals surface area contributed by atoms with E-state index in [1.54, 1.807) is 17.0 Å². The number of halogens is 1. The molecule has 4 aromatic rings. The Morgan fingerprint density at radius 1 is 0.967 bits per heavy atom. The molecule has 5 rings (SSSR count). The Balaban J connectivity index is 1.85. The summed E-state index contributed by atoms with van der Waals surface area (Å²) in [5.74, 6) is -0.370. The van der Waals surface area contributed by atoms with Crippen LogP contribution in [0, 0.1) is 5.82 Å². The molecule has 30 heavy (non-hydrogen) atoms. The second kappa shape index (κ2) is 7.11. The Bertz CT molecular complexity index is 1260. The van der Waals surface area contributed by atoms with E-state index >= 15 is 0 Å². The molecular weight excluding hydrogens is 379 g/mol. The average molecular weight is 400 g/mol. The van der Waals surface area contributed by atoms with E-state index in [0.29, 0.717) is 5.56 Å². The topological polar surface area (TPSA) is 45.5 Å². The Labute approximate surface area is 173 Å². The SMILES string of the molecule is Cn1c(-c2ccc(F)cc2)c([C@@H]2c3ccccc3C(=O)N2CCO)c2ccccc21. The lowest BCUT2D eigenvalue weighted by Gasteiger charge is -2.26. The van der Waals surface area contributed by atoms with Crippen LogP contribution in [0.1, 0.15) is 27.5 Å². The minimum atomic E-state index is -0.327. The van der Waals surface area contributed by atoms with Crippen LogP contribution in [0.25, 0.3) is 22.2 Å². The number of rotatable bonds is 4. The standard InChI is InChI=1S/C25H21FN2O2/c1-27-21-9-5-4-8-20(21)22(23(27)16-10-12-17(26)13-11-16)24-18-6-2-3-7-19(18)25(30)28(24)14-15-29/h2-13,24,29H,14-15H2,1H3/t24-/m0/s1. The first-order chi connectivity index (χ1) is 14.6.